The molecule has 3 aromatic rings. The van der Waals surface area contributed by atoms with E-state index in [-0.39, 0.29) is 0 Å². The predicted octanol–water partition coefficient (Wildman–Crippen LogP) is 2.79. The predicted molar refractivity (Wildman–Crippen MR) is 74.9 cm³/mol. The second-order valence-electron chi connectivity index (χ2n) is 4.44. The van der Waals surface area contributed by atoms with E-state index in [1.165, 1.54) is 0 Å². The minimum Gasteiger partial charge on any atom is -0.399 e. The summed E-state index contributed by atoms with van der Waals surface area (Å²) >= 11 is 0. The van der Waals surface area contributed by atoms with Gasteiger partial charge in [-0.1, -0.05) is 12.1 Å². The minimum absolute atomic E-state index is 0.665. The zero-order chi connectivity index (χ0) is 13.4. The molecular weight excluding hydrogens is 236 g/mol. The van der Waals surface area contributed by atoms with Crippen LogP contribution in [0.2, 0.25) is 0 Å². The number of aryl methyl sites for hydroxylation is 1. The van der Waals surface area contributed by atoms with E-state index in [0.29, 0.717) is 11.3 Å². The normalized spacial score (nSPS) is 10.5. The smallest absolute Gasteiger partial charge is 0.102 e. The van der Waals surface area contributed by atoms with Gasteiger partial charge < -0.3 is 5.73 Å². The first-order chi connectivity index (χ1) is 9.20. The Morgan fingerprint density at radius 1 is 1.26 bits per heavy atom. The summed E-state index contributed by atoms with van der Waals surface area (Å²) in [5.74, 6) is 0. The summed E-state index contributed by atoms with van der Waals surface area (Å²) in [6, 6.07) is 13.6. The van der Waals surface area contributed by atoms with Crippen molar-refractivity contribution in [3.05, 3.63) is 53.9 Å². The number of imidazole rings is 1. The number of nitrogens with zero attached hydrogens (tertiary/aromatic N) is 3. The third-order valence-electron chi connectivity index (χ3n) is 3.19. The Labute approximate surface area is 110 Å². The molecule has 1 aromatic heterocycles. The van der Waals surface area contributed by atoms with Gasteiger partial charge in [0.25, 0.3) is 0 Å². The Morgan fingerprint density at radius 2 is 2.11 bits per heavy atom. The molecule has 0 aliphatic heterocycles. The van der Waals surface area contributed by atoms with Gasteiger partial charge in [0.2, 0.25) is 0 Å². The van der Waals surface area contributed by atoms with E-state index in [1.54, 1.807) is 6.33 Å². The van der Waals surface area contributed by atoms with Crippen LogP contribution in [0.1, 0.15) is 11.1 Å². The molecule has 0 atom stereocenters. The Kier molecular flexibility index (Phi) is 2.46. The molecule has 2 N–H and O–H groups in total. The average molecular weight is 248 g/mol. The summed E-state index contributed by atoms with van der Waals surface area (Å²) in [4.78, 5) is 4.33. The van der Waals surface area contributed by atoms with Crippen molar-refractivity contribution in [2.24, 2.45) is 0 Å². The Balaban J connectivity index is 2.32. The number of nitrogens with two attached hydrogens (primary N) is 1. The average Bonchev–Trinajstić information content (AvgIpc) is 2.81. The Hall–Kier alpha value is -2.80. The summed E-state index contributed by atoms with van der Waals surface area (Å²) in [7, 11) is 0. The molecule has 0 radical (unpaired) electrons. The van der Waals surface area contributed by atoms with E-state index in [1.807, 2.05) is 47.9 Å². The van der Waals surface area contributed by atoms with Crippen LogP contribution in [0.5, 0.6) is 0 Å². The summed E-state index contributed by atoms with van der Waals surface area (Å²) in [6.07, 6.45) is 1.72. The molecule has 0 spiro atoms. The highest BCUT2D eigenvalue weighted by atomic mass is 15.0. The van der Waals surface area contributed by atoms with E-state index in [9.17, 15) is 5.26 Å². The largest absolute Gasteiger partial charge is 0.399 e. The minimum atomic E-state index is 0.665. The van der Waals surface area contributed by atoms with Crippen molar-refractivity contribution in [1.82, 2.24) is 9.55 Å². The maximum absolute atomic E-state index is 9.31. The van der Waals surface area contributed by atoms with Crippen molar-refractivity contribution in [2.75, 3.05) is 5.73 Å². The highest BCUT2D eigenvalue weighted by molar-refractivity contribution is 5.81. The van der Waals surface area contributed by atoms with Crippen LogP contribution in [-0.4, -0.2) is 9.55 Å². The standard InChI is InChI=1S/C15H12N4/c1-10-3-2-4-14(12(10)8-16)19-9-18-13-7-11(17)5-6-15(13)19/h2-7,9H,17H2,1H3. The van der Waals surface area contributed by atoms with E-state index in [0.717, 1.165) is 22.3 Å². The van der Waals surface area contributed by atoms with E-state index >= 15 is 0 Å². The first-order valence-electron chi connectivity index (χ1n) is 5.93. The molecule has 0 amide bonds. The zero-order valence-electron chi connectivity index (χ0n) is 10.5. The fourth-order valence-corrected chi connectivity index (χ4v) is 2.22. The second kappa shape index (κ2) is 4.14. The molecule has 4 heteroatoms. The van der Waals surface area contributed by atoms with Gasteiger partial charge in [0, 0.05) is 5.69 Å². The Morgan fingerprint density at radius 3 is 2.89 bits per heavy atom. The number of rotatable bonds is 1. The summed E-state index contributed by atoms with van der Waals surface area (Å²) in [5, 5.41) is 9.31. The van der Waals surface area contributed by atoms with Crippen molar-refractivity contribution < 1.29 is 0 Å². The van der Waals surface area contributed by atoms with Crippen LogP contribution < -0.4 is 5.73 Å². The number of aromatic nitrogens is 2. The topological polar surface area (TPSA) is 67.6 Å². The van der Waals surface area contributed by atoms with Crippen molar-refractivity contribution in [3.63, 3.8) is 0 Å². The quantitative estimate of drug-likeness (QED) is 0.673. The van der Waals surface area contributed by atoms with Gasteiger partial charge in [-0.3, -0.25) is 4.57 Å². The lowest BCUT2D eigenvalue weighted by Gasteiger charge is -2.08. The Bertz CT molecular complexity index is 809. The fourth-order valence-electron chi connectivity index (χ4n) is 2.22. The van der Waals surface area contributed by atoms with Crippen LogP contribution in [0.4, 0.5) is 5.69 Å². The van der Waals surface area contributed by atoms with Gasteiger partial charge in [0.1, 0.15) is 12.4 Å². The van der Waals surface area contributed by atoms with Gasteiger partial charge >= 0.3 is 0 Å². The fraction of sp³-hybridized carbons (Fsp3) is 0.0667. The van der Waals surface area contributed by atoms with Crippen molar-refractivity contribution >= 4 is 16.7 Å². The first-order valence-corrected chi connectivity index (χ1v) is 5.93. The molecule has 0 aliphatic rings. The molecule has 0 aliphatic carbocycles. The molecule has 3 rings (SSSR count). The van der Waals surface area contributed by atoms with Gasteiger partial charge in [0.05, 0.1) is 22.3 Å². The molecule has 0 bridgehead atoms. The first kappa shape index (κ1) is 11.3. The molecule has 0 unspecified atom stereocenters. The van der Waals surface area contributed by atoms with Crippen molar-refractivity contribution in [3.8, 4) is 11.8 Å². The second-order valence-corrected chi connectivity index (χ2v) is 4.44. The highest BCUT2D eigenvalue weighted by Gasteiger charge is 2.10. The number of benzene rings is 2. The summed E-state index contributed by atoms with van der Waals surface area (Å²) < 4.78 is 1.92. The van der Waals surface area contributed by atoms with E-state index in [2.05, 4.69) is 11.1 Å². The SMILES string of the molecule is Cc1cccc(-n2cnc3cc(N)ccc32)c1C#N. The van der Waals surface area contributed by atoms with Gasteiger partial charge in [0.15, 0.2) is 0 Å². The van der Waals surface area contributed by atoms with Crippen LogP contribution in [0, 0.1) is 18.3 Å². The molecule has 0 saturated carbocycles. The lowest BCUT2D eigenvalue weighted by molar-refractivity contribution is 1.08. The molecule has 1 heterocycles. The third-order valence-corrected chi connectivity index (χ3v) is 3.19. The maximum atomic E-state index is 9.31. The van der Waals surface area contributed by atoms with Gasteiger partial charge in [-0.2, -0.15) is 5.26 Å². The van der Waals surface area contributed by atoms with Crippen LogP contribution in [0.3, 0.4) is 0 Å². The number of nitrogen functional groups attached to an aromatic ring is 1. The number of anilines is 1. The summed E-state index contributed by atoms with van der Waals surface area (Å²) in [5.41, 5.74) is 10.7. The summed E-state index contributed by atoms with van der Waals surface area (Å²) in [6.45, 7) is 1.93. The molecular formula is C15H12N4. The molecule has 0 fully saturated rings. The molecule has 92 valence electrons. The lowest BCUT2D eigenvalue weighted by Crippen LogP contribution is -1.97. The maximum Gasteiger partial charge on any atom is 0.102 e. The number of hydrogen-bond acceptors (Lipinski definition) is 3. The molecule has 4 nitrogen and oxygen atoms in total. The van der Waals surface area contributed by atoms with Crippen LogP contribution in [0.15, 0.2) is 42.7 Å². The zero-order valence-corrected chi connectivity index (χ0v) is 10.5. The number of nitriles is 1. The third kappa shape index (κ3) is 1.72. The number of hydrogen-bond donors (Lipinski definition) is 1. The van der Waals surface area contributed by atoms with Crippen molar-refractivity contribution in [1.29, 1.82) is 5.26 Å². The van der Waals surface area contributed by atoms with Gasteiger partial charge in [-0.05, 0) is 36.8 Å². The van der Waals surface area contributed by atoms with Crippen molar-refractivity contribution in [2.45, 2.75) is 6.92 Å². The van der Waals surface area contributed by atoms with E-state index < -0.39 is 0 Å². The van der Waals surface area contributed by atoms with Gasteiger partial charge in [-0.15, -0.1) is 0 Å². The molecule has 0 saturated heterocycles. The van der Waals surface area contributed by atoms with Gasteiger partial charge in [-0.25, -0.2) is 4.98 Å². The van der Waals surface area contributed by atoms with Crippen LogP contribution in [0.25, 0.3) is 16.7 Å². The van der Waals surface area contributed by atoms with Crippen LogP contribution in [-0.2, 0) is 0 Å². The van der Waals surface area contributed by atoms with E-state index in [4.69, 9.17) is 5.73 Å². The number of fused-ring (bicyclic) bond motifs is 1. The highest BCUT2D eigenvalue weighted by Crippen LogP contribution is 2.23. The molecule has 2 aromatic carbocycles. The lowest BCUT2D eigenvalue weighted by atomic mass is 10.1. The molecule has 19 heavy (non-hydrogen) atoms. The van der Waals surface area contributed by atoms with Crippen LogP contribution >= 0.6 is 0 Å². The monoisotopic (exact) mass is 248 g/mol.